The van der Waals surface area contributed by atoms with Gasteiger partial charge < -0.3 is 15.4 Å². The number of amides is 1. The summed E-state index contributed by atoms with van der Waals surface area (Å²) in [6, 6.07) is 8.84. The van der Waals surface area contributed by atoms with E-state index >= 15 is 0 Å². The van der Waals surface area contributed by atoms with Gasteiger partial charge in [0, 0.05) is 13.1 Å². The molecule has 0 spiro atoms. The molecule has 0 aliphatic rings. The number of aromatic amines is 1. The molecule has 0 saturated heterocycles. The van der Waals surface area contributed by atoms with Crippen LogP contribution in [0, 0.1) is 0 Å². The molecule has 3 N–H and O–H groups in total. The first kappa shape index (κ1) is 12.0. The first-order valence-electron chi connectivity index (χ1n) is 5.42. The van der Waals surface area contributed by atoms with E-state index in [1.54, 1.807) is 32.4 Å². The van der Waals surface area contributed by atoms with Gasteiger partial charge in [-0.25, -0.2) is 0 Å². The number of hydrogen-bond donors (Lipinski definition) is 3. The van der Waals surface area contributed by atoms with Gasteiger partial charge in [0.25, 0.3) is 5.91 Å². The third kappa shape index (κ3) is 2.42. The number of nitrogens with one attached hydrogen (secondary N) is 3. The lowest BCUT2D eigenvalue weighted by Gasteiger charge is -2.08. The third-order valence-corrected chi connectivity index (χ3v) is 2.43. The SMILES string of the molecule is CNc1cc(C(=O)Nc2ccccc2OC)[nH]n1. The standard InChI is InChI=1S/C12H14N4O2/c1-13-11-7-9(15-16-11)12(17)14-8-5-3-4-6-10(8)18-2/h3-7H,1-2H3,(H,14,17)(H2,13,15,16). The van der Waals surface area contributed by atoms with E-state index in [9.17, 15) is 4.79 Å². The van der Waals surface area contributed by atoms with Crippen LogP contribution in [0.1, 0.15) is 10.5 Å². The van der Waals surface area contributed by atoms with Gasteiger partial charge in [-0.2, -0.15) is 5.10 Å². The molecular weight excluding hydrogens is 232 g/mol. The molecule has 0 saturated carbocycles. The Kier molecular flexibility index (Phi) is 3.47. The van der Waals surface area contributed by atoms with E-state index in [1.807, 2.05) is 12.1 Å². The molecule has 2 aromatic rings. The first-order chi connectivity index (χ1) is 8.74. The number of anilines is 2. The number of hydrogen-bond acceptors (Lipinski definition) is 4. The van der Waals surface area contributed by atoms with Gasteiger partial charge in [-0.1, -0.05) is 12.1 Å². The molecular formula is C12H14N4O2. The summed E-state index contributed by atoms with van der Waals surface area (Å²) in [4.78, 5) is 11.9. The monoisotopic (exact) mass is 246 g/mol. The van der Waals surface area contributed by atoms with Gasteiger partial charge in [0.1, 0.15) is 17.3 Å². The molecule has 0 radical (unpaired) electrons. The molecule has 1 aromatic carbocycles. The van der Waals surface area contributed by atoms with E-state index < -0.39 is 0 Å². The van der Waals surface area contributed by atoms with Crippen LogP contribution >= 0.6 is 0 Å². The van der Waals surface area contributed by atoms with Crippen LogP contribution in [0.3, 0.4) is 0 Å². The second-order valence-electron chi connectivity index (χ2n) is 3.57. The van der Waals surface area contributed by atoms with Gasteiger partial charge in [0.15, 0.2) is 0 Å². The zero-order valence-electron chi connectivity index (χ0n) is 10.2. The lowest BCUT2D eigenvalue weighted by Crippen LogP contribution is -2.13. The number of benzene rings is 1. The minimum absolute atomic E-state index is 0.270. The van der Waals surface area contributed by atoms with Crippen molar-refractivity contribution in [3.8, 4) is 5.75 Å². The largest absolute Gasteiger partial charge is 0.495 e. The van der Waals surface area contributed by atoms with E-state index in [-0.39, 0.29) is 5.91 Å². The number of rotatable bonds is 4. The van der Waals surface area contributed by atoms with E-state index in [2.05, 4.69) is 20.8 Å². The van der Waals surface area contributed by atoms with Crippen molar-refractivity contribution < 1.29 is 9.53 Å². The molecule has 6 nitrogen and oxygen atoms in total. The number of H-pyrrole nitrogens is 1. The quantitative estimate of drug-likeness (QED) is 0.767. The lowest BCUT2D eigenvalue weighted by molar-refractivity contribution is 0.102. The Morgan fingerprint density at radius 3 is 2.83 bits per heavy atom. The van der Waals surface area contributed by atoms with Crippen molar-refractivity contribution >= 4 is 17.4 Å². The molecule has 0 aliphatic carbocycles. The molecule has 0 atom stereocenters. The maximum atomic E-state index is 11.9. The van der Waals surface area contributed by atoms with Crippen LogP contribution in [0.15, 0.2) is 30.3 Å². The van der Waals surface area contributed by atoms with Crippen LogP contribution in [0.4, 0.5) is 11.5 Å². The van der Waals surface area contributed by atoms with Gasteiger partial charge in [-0.15, -0.1) is 0 Å². The van der Waals surface area contributed by atoms with E-state index in [0.29, 0.717) is 22.9 Å². The van der Waals surface area contributed by atoms with Crippen LogP contribution in [0.2, 0.25) is 0 Å². The Balaban J connectivity index is 2.16. The fraction of sp³-hybridized carbons (Fsp3) is 0.167. The van der Waals surface area contributed by atoms with Crippen molar-refractivity contribution in [1.29, 1.82) is 0 Å². The van der Waals surface area contributed by atoms with Gasteiger partial charge in [-0.05, 0) is 12.1 Å². The second kappa shape index (κ2) is 5.22. The van der Waals surface area contributed by atoms with E-state index in [1.165, 1.54) is 0 Å². The highest BCUT2D eigenvalue weighted by Crippen LogP contribution is 2.23. The van der Waals surface area contributed by atoms with Gasteiger partial charge in [0.05, 0.1) is 12.8 Å². The summed E-state index contributed by atoms with van der Waals surface area (Å²) in [7, 11) is 3.29. The summed E-state index contributed by atoms with van der Waals surface area (Å²) >= 11 is 0. The van der Waals surface area contributed by atoms with Crippen LogP contribution in [-0.4, -0.2) is 30.3 Å². The van der Waals surface area contributed by atoms with Crippen molar-refractivity contribution in [3.05, 3.63) is 36.0 Å². The molecule has 0 bridgehead atoms. The molecule has 0 aliphatic heterocycles. The summed E-state index contributed by atoms with van der Waals surface area (Å²) in [6.07, 6.45) is 0. The molecule has 1 amide bonds. The maximum absolute atomic E-state index is 11.9. The number of methoxy groups -OCH3 is 1. The molecule has 0 fully saturated rings. The average Bonchev–Trinajstić information content (AvgIpc) is 2.88. The molecule has 0 unspecified atom stereocenters. The van der Waals surface area contributed by atoms with Crippen LogP contribution < -0.4 is 15.4 Å². The Bertz CT molecular complexity index is 551. The fourth-order valence-corrected chi connectivity index (χ4v) is 1.50. The molecule has 1 aromatic heterocycles. The lowest BCUT2D eigenvalue weighted by atomic mass is 10.3. The Labute approximate surface area is 104 Å². The first-order valence-corrected chi connectivity index (χ1v) is 5.42. The van der Waals surface area contributed by atoms with Crippen molar-refractivity contribution in [3.63, 3.8) is 0 Å². The summed E-state index contributed by atoms with van der Waals surface area (Å²) in [6.45, 7) is 0. The highest BCUT2D eigenvalue weighted by atomic mass is 16.5. The zero-order chi connectivity index (χ0) is 13.0. The number of nitrogens with zero attached hydrogens (tertiary/aromatic N) is 1. The van der Waals surface area contributed by atoms with Crippen molar-refractivity contribution in [2.24, 2.45) is 0 Å². The average molecular weight is 246 g/mol. The Morgan fingerprint density at radius 2 is 2.17 bits per heavy atom. The summed E-state index contributed by atoms with van der Waals surface area (Å²) in [5.41, 5.74) is 0.996. The van der Waals surface area contributed by atoms with Crippen LogP contribution in [-0.2, 0) is 0 Å². The predicted molar refractivity (Wildman–Crippen MR) is 69.1 cm³/mol. The zero-order valence-corrected chi connectivity index (χ0v) is 10.2. The normalized spacial score (nSPS) is 9.89. The fourth-order valence-electron chi connectivity index (χ4n) is 1.50. The van der Waals surface area contributed by atoms with Gasteiger partial charge >= 0.3 is 0 Å². The molecule has 2 rings (SSSR count). The number of para-hydroxylation sites is 2. The number of aromatic nitrogens is 2. The molecule has 94 valence electrons. The van der Waals surface area contributed by atoms with Crippen molar-refractivity contribution in [2.75, 3.05) is 24.8 Å². The smallest absolute Gasteiger partial charge is 0.273 e. The number of carbonyl (C=O) groups is 1. The van der Waals surface area contributed by atoms with Crippen molar-refractivity contribution in [1.82, 2.24) is 10.2 Å². The molecule has 1 heterocycles. The van der Waals surface area contributed by atoms with E-state index in [4.69, 9.17) is 4.74 Å². The van der Waals surface area contributed by atoms with Crippen molar-refractivity contribution in [2.45, 2.75) is 0 Å². The number of ether oxygens (including phenoxy) is 1. The summed E-state index contributed by atoms with van der Waals surface area (Å²) < 4.78 is 5.16. The minimum atomic E-state index is -0.270. The summed E-state index contributed by atoms with van der Waals surface area (Å²) in [5.74, 6) is 0.952. The molecule has 6 heteroatoms. The Morgan fingerprint density at radius 1 is 1.39 bits per heavy atom. The van der Waals surface area contributed by atoms with Crippen LogP contribution in [0.5, 0.6) is 5.75 Å². The van der Waals surface area contributed by atoms with Gasteiger partial charge in [0.2, 0.25) is 0 Å². The highest BCUT2D eigenvalue weighted by molar-refractivity contribution is 6.04. The topological polar surface area (TPSA) is 79.0 Å². The summed E-state index contributed by atoms with van der Waals surface area (Å²) in [5, 5.41) is 12.2. The maximum Gasteiger partial charge on any atom is 0.273 e. The second-order valence-corrected chi connectivity index (χ2v) is 3.57. The number of carbonyl (C=O) groups excluding carboxylic acids is 1. The highest BCUT2D eigenvalue weighted by Gasteiger charge is 2.11. The Hall–Kier alpha value is -2.50. The molecule has 18 heavy (non-hydrogen) atoms. The van der Waals surface area contributed by atoms with Gasteiger partial charge in [-0.3, -0.25) is 9.89 Å². The van der Waals surface area contributed by atoms with Crippen LogP contribution in [0.25, 0.3) is 0 Å². The minimum Gasteiger partial charge on any atom is -0.495 e. The predicted octanol–water partition coefficient (Wildman–Crippen LogP) is 1.71. The van der Waals surface area contributed by atoms with E-state index in [0.717, 1.165) is 0 Å². The third-order valence-electron chi connectivity index (χ3n) is 2.43.